The third-order valence-electron chi connectivity index (χ3n) is 2.44. The molecule has 0 aliphatic rings. The van der Waals surface area contributed by atoms with E-state index < -0.39 is 10.8 Å². The summed E-state index contributed by atoms with van der Waals surface area (Å²) in [4.78, 5) is 13.4. The van der Waals surface area contributed by atoms with Gasteiger partial charge < -0.3 is 10.6 Å². The molecule has 0 heterocycles. The first-order chi connectivity index (χ1) is 8.43. The number of benzene rings is 1. The quantitative estimate of drug-likeness (QED) is 0.842. The monoisotopic (exact) mass is 288 g/mol. The number of anilines is 1. The molecule has 0 saturated heterocycles. The van der Waals surface area contributed by atoms with Crippen LogP contribution in [0.4, 0.5) is 5.69 Å². The number of carbonyl (C=O) groups excluding carboxylic acids is 1. The number of hydrogen-bond donors (Lipinski definition) is 1. The van der Waals surface area contributed by atoms with Gasteiger partial charge in [-0.15, -0.1) is 0 Å². The standard InChI is InChI=1S/C12H17ClN2O2S/c1-15(2)11(16)7-4-8-18(17)12-9(13)5-3-6-10(12)14/h3,5-6H,4,7-8,14H2,1-2H3. The van der Waals surface area contributed by atoms with E-state index in [0.717, 1.165) is 0 Å². The van der Waals surface area contributed by atoms with Crippen molar-refractivity contribution >= 4 is 34.0 Å². The van der Waals surface area contributed by atoms with Gasteiger partial charge in [-0.25, -0.2) is 0 Å². The van der Waals surface area contributed by atoms with Crippen molar-refractivity contribution in [3.05, 3.63) is 23.2 Å². The summed E-state index contributed by atoms with van der Waals surface area (Å²) in [7, 11) is 2.14. The molecule has 1 rings (SSSR count). The highest BCUT2D eigenvalue weighted by Gasteiger charge is 2.13. The predicted octanol–water partition coefficient (Wildman–Crippen LogP) is 1.90. The van der Waals surface area contributed by atoms with Crippen molar-refractivity contribution in [2.24, 2.45) is 0 Å². The van der Waals surface area contributed by atoms with E-state index in [1.165, 1.54) is 4.90 Å². The maximum absolute atomic E-state index is 12.1. The zero-order valence-electron chi connectivity index (χ0n) is 10.5. The van der Waals surface area contributed by atoms with Crippen LogP contribution in [0.3, 0.4) is 0 Å². The molecule has 0 aliphatic heterocycles. The first-order valence-electron chi connectivity index (χ1n) is 5.56. The van der Waals surface area contributed by atoms with Gasteiger partial charge in [0.2, 0.25) is 5.91 Å². The molecule has 4 nitrogen and oxygen atoms in total. The van der Waals surface area contributed by atoms with Gasteiger partial charge in [0.1, 0.15) is 0 Å². The van der Waals surface area contributed by atoms with Crippen molar-refractivity contribution in [1.82, 2.24) is 4.90 Å². The zero-order valence-corrected chi connectivity index (χ0v) is 12.1. The molecular weight excluding hydrogens is 272 g/mol. The predicted molar refractivity (Wildman–Crippen MR) is 75.1 cm³/mol. The van der Waals surface area contributed by atoms with Gasteiger partial charge in [-0.3, -0.25) is 9.00 Å². The third kappa shape index (κ3) is 3.99. The van der Waals surface area contributed by atoms with Crippen LogP contribution in [-0.4, -0.2) is 34.9 Å². The number of nitrogen functional groups attached to an aromatic ring is 1. The summed E-state index contributed by atoms with van der Waals surface area (Å²) in [5, 5.41) is 0.410. The smallest absolute Gasteiger partial charge is 0.222 e. The second-order valence-electron chi connectivity index (χ2n) is 4.10. The third-order valence-corrected chi connectivity index (χ3v) is 4.44. The molecule has 1 atom stereocenters. The molecule has 18 heavy (non-hydrogen) atoms. The summed E-state index contributed by atoms with van der Waals surface area (Å²) >= 11 is 5.97. The number of halogens is 1. The van der Waals surface area contributed by atoms with Crippen LogP contribution in [0.2, 0.25) is 5.02 Å². The van der Waals surface area contributed by atoms with E-state index in [1.807, 2.05) is 0 Å². The van der Waals surface area contributed by atoms with Gasteiger partial charge in [-0.05, 0) is 18.6 Å². The molecule has 0 radical (unpaired) electrons. The average Bonchev–Trinajstić information content (AvgIpc) is 2.28. The number of rotatable bonds is 5. The molecule has 0 fully saturated rings. The largest absolute Gasteiger partial charge is 0.398 e. The minimum atomic E-state index is -1.26. The lowest BCUT2D eigenvalue weighted by molar-refractivity contribution is -0.128. The number of nitrogens with two attached hydrogens (primary N) is 1. The molecule has 1 aromatic carbocycles. The Morgan fingerprint density at radius 3 is 2.67 bits per heavy atom. The molecule has 0 saturated carbocycles. The highest BCUT2D eigenvalue weighted by atomic mass is 35.5. The maximum Gasteiger partial charge on any atom is 0.222 e. The number of carbonyl (C=O) groups is 1. The second kappa shape index (κ2) is 6.75. The van der Waals surface area contributed by atoms with E-state index in [4.69, 9.17) is 17.3 Å². The molecule has 0 aliphatic carbocycles. The van der Waals surface area contributed by atoms with Crippen LogP contribution in [0, 0.1) is 0 Å². The van der Waals surface area contributed by atoms with Crippen molar-refractivity contribution in [2.75, 3.05) is 25.6 Å². The maximum atomic E-state index is 12.1. The lowest BCUT2D eigenvalue weighted by Crippen LogP contribution is -2.21. The van der Waals surface area contributed by atoms with Gasteiger partial charge >= 0.3 is 0 Å². The number of hydrogen-bond acceptors (Lipinski definition) is 3. The lowest BCUT2D eigenvalue weighted by atomic mass is 10.3. The Kier molecular flexibility index (Phi) is 5.62. The van der Waals surface area contributed by atoms with Crippen molar-refractivity contribution in [1.29, 1.82) is 0 Å². The Labute approximate surface area is 115 Å². The lowest BCUT2D eigenvalue weighted by Gasteiger charge is -2.10. The first-order valence-corrected chi connectivity index (χ1v) is 7.25. The van der Waals surface area contributed by atoms with Crippen molar-refractivity contribution in [3.8, 4) is 0 Å². The molecule has 100 valence electrons. The van der Waals surface area contributed by atoms with Gasteiger partial charge in [-0.2, -0.15) is 0 Å². The topological polar surface area (TPSA) is 63.4 Å². The van der Waals surface area contributed by atoms with Crippen LogP contribution in [0.1, 0.15) is 12.8 Å². The summed E-state index contributed by atoms with van der Waals surface area (Å²) in [6.45, 7) is 0. The van der Waals surface area contributed by atoms with Crippen LogP contribution in [0.15, 0.2) is 23.1 Å². The Hall–Kier alpha value is -1.07. The molecule has 0 aromatic heterocycles. The minimum Gasteiger partial charge on any atom is -0.398 e. The summed E-state index contributed by atoms with van der Waals surface area (Å²) < 4.78 is 12.1. The van der Waals surface area contributed by atoms with Crippen LogP contribution < -0.4 is 5.73 Å². The average molecular weight is 289 g/mol. The van der Waals surface area contributed by atoms with E-state index in [2.05, 4.69) is 0 Å². The molecule has 1 amide bonds. The fourth-order valence-electron chi connectivity index (χ4n) is 1.45. The van der Waals surface area contributed by atoms with Crippen LogP contribution >= 0.6 is 11.6 Å². The highest BCUT2D eigenvalue weighted by Crippen LogP contribution is 2.26. The molecular formula is C12H17ClN2O2S. The van der Waals surface area contributed by atoms with E-state index in [1.54, 1.807) is 32.3 Å². The summed E-state index contributed by atoms with van der Waals surface area (Å²) in [6, 6.07) is 5.05. The Morgan fingerprint density at radius 2 is 2.11 bits per heavy atom. The minimum absolute atomic E-state index is 0.0270. The van der Waals surface area contributed by atoms with E-state index in [0.29, 0.717) is 34.2 Å². The summed E-state index contributed by atoms with van der Waals surface area (Å²) in [6.07, 6.45) is 0.928. The first kappa shape index (κ1) is 15.0. The van der Waals surface area contributed by atoms with Crippen molar-refractivity contribution in [2.45, 2.75) is 17.7 Å². The molecule has 0 spiro atoms. The molecule has 0 bridgehead atoms. The fraction of sp³-hybridized carbons (Fsp3) is 0.417. The SMILES string of the molecule is CN(C)C(=O)CCCS(=O)c1c(N)cccc1Cl. The summed E-state index contributed by atoms with van der Waals surface area (Å²) in [5.41, 5.74) is 6.18. The second-order valence-corrected chi connectivity index (χ2v) is 6.01. The molecule has 2 N–H and O–H groups in total. The Balaban J connectivity index is 2.59. The van der Waals surface area contributed by atoms with Gasteiger partial charge in [0.05, 0.1) is 20.7 Å². The Morgan fingerprint density at radius 1 is 1.44 bits per heavy atom. The van der Waals surface area contributed by atoms with Gasteiger partial charge in [0.25, 0.3) is 0 Å². The fourth-order valence-corrected chi connectivity index (χ4v) is 3.11. The van der Waals surface area contributed by atoms with Gasteiger partial charge in [0, 0.05) is 32.0 Å². The molecule has 1 aromatic rings. The van der Waals surface area contributed by atoms with E-state index in [-0.39, 0.29) is 5.91 Å². The van der Waals surface area contributed by atoms with Crippen LogP contribution in [-0.2, 0) is 15.6 Å². The van der Waals surface area contributed by atoms with Gasteiger partial charge in [0.15, 0.2) is 0 Å². The summed E-state index contributed by atoms with van der Waals surface area (Å²) in [5.74, 6) is 0.409. The highest BCUT2D eigenvalue weighted by molar-refractivity contribution is 7.85. The Bertz CT molecular complexity index is 443. The molecule has 1 unspecified atom stereocenters. The zero-order chi connectivity index (χ0) is 13.7. The number of nitrogens with zero attached hydrogens (tertiary/aromatic N) is 1. The van der Waals surface area contributed by atoms with E-state index in [9.17, 15) is 9.00 Å². The van der Waals surface area contributed by atoms with E-state index >= 15 is 0 Å². The number of amides is 1. The van der Waals surface area contributed by atoms with Gasteiger partial charge in [-0.1, -0.05) is 17.7 Å². The normalized spacial score (nSPS) is 12.2. The molecule has 6 heteroatoms. The van der Waals surface area contributed by atoms with Crippen molar-refractivity contribution in [3.63, 3.8) is 0 Å². The van der Waals surface area contributed by atoms with Crippen molar-refractivity contribution < 1.29 is 9.00 Å². The van der Waals surface area contributed by atoms with Crippen LogP contribution in [0.25, 0.3) is 0 Å². The van der Waals surface area contributed by atoms with Crippen LogP contribution in [0.5, 0.6) is 0 Å².